The summed E-state index contributed by atoms with van der Waals surface area (Å²) in [5, 5.41) is 3.02. The van der Waals surface area contributed by atoms with Gasteiger partial charge in [-0.25, -0.2) is 0 Å². The number of ether oxygens (including phenoxy) is 1. The van der Waals surface area contributed by atoms with Gasteiger partial charge in [0.25, 0.3) is 0 Å². The Balaban J connectivity index is 1.89. The van der Waals surface area contributed by atoms with E-state index in [1.807, 2.05) is 31.2 Å². The van der Waals surface area contributed by atoms with Gasteiger partial charge in [-0.15, -0.1) is 0 Å². The zero-order chi connectivity index (χ0) is 15.1. The predicted octanol–water partition coefficient (Wildman–Crippen LogP) is 2.61. The summed E-state index contributed by atoms with van der Waals surface area (Å²) in [4.78, 5) is 12.3. The maximum absolute atomic E-state index is 12.3. The van der Waals surface area contributed by atoms with Crippen LogP contribution in [0, 0.1) is 5.92 Å². The van der Waals surface area contributed by atoms with E-state index < -0.39 is 0 Å². The van der Waals surface area contributed by atoms with E-state index in [2.05, 4.69) is 5.32 Å². The van der Waals surface area contributed by atoms with Gasteiger partial charge in [-0.1, -0.05) is 31.4 Å². The van der Waals surface area contributed by atoms with E-state index in [4.69, 9.17) is 10.5 Å². The molecule has 0 saturated heterocycles. The van der Waals surface area contributed by atoms with Crippen molar-refractivity contribution in [3.8, 4) is 5.75 Å². The fourth-order valence-corrected chi connectivity index (χ4v) is 2.89. The van der Waals surface area contributed by atoms with E-state index in [-0.39, 0.29) is 17.9 Å². The van der Waals surface area contributed by atoms with E-state index in [0.717, 1.165) is 37.0 Å². The van der Waals surface area contributed by atoms with Crippen molar-refractivity contribution in [2.24, 2.45) is 11.7 Å². The number of nitrogens with two attached hydrogens (primary N) is 1. The molecule has 1 saturated carbocycles. The summed E-state index contributed by atoms with van der Waals surface area (Å²) in [5.41, 5.74) is 7.18. The molecule has 0 aliphatic heterocycles. The minimum absolute atomic E-state index is 0.00209. The van der Waals surface area contributed by atoms with Crippen LogP contribution in [0.2, 0.25) is 0 Å². The average Bonchev–Trinajstić information content (AvgIpc) is 2.70. The molecule has 2 unspecified atom stereocenters. The fraction of sp³-hybridized carbons (Fsp3) is 0.588. The minimum Gasteiger partial charge on any atom is -0.494 e. The molecule has 0 spiro atoms. The molecule has 21 heavy (non-hydrogen) atoms. The molecular formula is C17H26N2O2. The van der Waals surface area contributed by atoms with Gasteiger partial charge in [0.15, 0.2) is 0 Å². The molecule has 4 nitrogen and oxygen atoms in total. The number of rotatable bonds is 5. The quantitative estimate of drug-likeness (QED) is 0.819. The fourth-order valence-electron chi connectivity index (χ4n) is 2.89. The molecule has 1 amide bonds. The number of nitrogens with one attached hydrogen (secondary N) is 1. The Morgan fingerprint density at radius 3 is 2.95 bits per heavy atom. The summed E-state index contributed by atoms with van der Waals surface area (Å²) in [6, 6.07) is 7.84. The van der Waals surface area contributed by atoms with Crippen molar-refractivity contribution in [3.05, 3.63) is 29.8 Å². The molecule has 0 radical (unpaired) electrons. The van der Waals surface area contributed by atoms with Gasteiger partial charge in [0.05, 0.1) is 12.5 Å². The molecule has 2 rings (SSSR count). The largest absolute Gasteiger partial charge is 0.494 e. The second-order valence-electron chi connectivity index (χ2n) is 5.71. The van der Waals surface area contributed by atoms with Crippen LogP contribution in [-0.2, 0) is 11.3 Å². The molecule has 2 atom stereocenters. The lowest BCUT2D eigenvalue weighted by Gasteiger charge is -2.20. The monoisotopic (exact) mass is 290 g/mol. The first kappa shape index (κ1) is 15.8. The van der Waals surface area contributed by atoms with Crippen LogP contribution in [0.4, 0.5) is 0 Å². The number of benzene rings is 1. The van der Waals surface area contributed by atoms with E-state index in [1.165, 1.54) is 6.42 Å². The van der Waals surface area contributed by atoms with Crippen LogP contribution in [0.1, 0.15) is 44.6 Å². The third kappa shape index (κ3) is 4.74. The lowest BCUT2D eigenvalue weighted by atomic mass is 9.94. The molecule has 0 bridgehead atoms. The Labute approximate surface area is 127 Å². The first-order valence-corrected chi connectivity index (χ1v) is 7.95. The van der Waals surface area contributed by atoms with Gasteiger partial charge in [-0.3, -0.25) is 4.79 Å². The van der Waals surface area contributed by atoms with E-state index in [0.29, 0.717) is 13.2 Å². The zero-order valence-corrected chi connectivity index (χ0v) is 12.8. The highest BCUT2D eigenvalue weighted by Crippen LogP contribution is 2.22. The van der Waals surface area contributed by atoms with Gasteiger partial charge in [0.2, 0.25) is 5.91 Å². The van der Waals surface area contributed by atoms with Crippen molar-refractivity contribution < 1.29 is 9.53 Å². The van der Waals surface area contributed by atoms with Crippen LogP contribution in [0.15, 0.2) is 24.3 Å². The Morgan fingerprint density at radius 1 is 1.33 bits per heavy atom. The van der Waals surface area contributed by atoms with Gasteiger partial charge in [-0.2, -0.15) is 0 Å². The van der Waals surface area contributed by atoms with Gasteiger partial charge in [-0.05, 0) is 37.5 Å². The van der Waals surface area contributed by atoms with Crippen LogP contribution < -0.4 is 15.8 Å². The number of carbonyl (C=O) groups excluding carboxylic acids is 1. The molecule has 1 aliphatic carbocycles. The first-order valence-electron chi connectivity index (χ1n) is 7.95. The first-order chi connectivity index (χ1) is 10.2. The van der Waals surface area contributed by atoms with Crippen molar-refractivity contribution in [2.75, 3.05) is 6.61 Å². The molecule has 0 aromatic heterocycles. The Morgan fingerprint density at radius 2 is 2.14 bits per heavy atom. The maximum Gasteiger partial charge on any atom is 0.224 e. The maximum atomic E-state index is 12.3. The third-order valence-electron chi connectivity index (χ3n) is 4.08. The molecule has 0 heterocycles. The lowest BCUT2D eigenvalue weighted by molar-refractivity contribution is -0.126. The standard InChI is InChI=1S/C17H26N2O2/c1-2-21-14-8-6-7-13(11-14)12-19-17(20)15-9-4-3-5-10-16(15)18/h6-8,11,15-16H,2-5,9-10,12,18H2,1H3,(H,19,20). The summed E-state index contributed by atoms with van der Waals surface area (Å²) in [7, 11) is 0. The molecule has 116 valence electrons. The molecule has 3 N–H and O–H groups in total. The summed E-state index contributed by atoms with van der Waals surface area (Å²) in [6.07, 6.45) is 5.30. The summed E-state index contributed by atoms with van der Waals surface area (Å²) in [5.74, 6) is 0.893. The summed E-state index contributed by atoms with van der Waals surface area (Å²) in [6.45, 7) is 3.14. The van der Waals surface area contributed by atoms with E-state index in [1.54, 1.807) is 0 Å². The third-order valence-corrected chi connectivity index (χ3v) is 4.08. The second-order valence-corrected chi connectivity index (χ2v) is 5.71. The van der Waals surface area contributed by atoms with Crippen LogP contribution in [-0.4, -0.2) is 18.6 Å². The Kier molecular flexibility index (Phi) is 6.05. The lowest BCUT2D eigenvalue weighted by Crippen LogP contribution is -2.41. The van der Waals surface area contributed by atoms with Crippen LogP contribution in [0.3, 0.4) is 0 Å². The van der Waals surface area contributed by atoms with E-state index >= 15 is 0 Å². The number of hydrogen-bond donors (Lipinski definition) is 2. The number of carbonyl (C=O) groups is 1. The van der Waals surface area contributed by atoms with Crippen molar-refractivity contribution in [3.63, 3.8) is 0 Å². The Bertz CT molecular complexity index is 462. The highest BCUT2D eigenvalue weighted by Gasteiger charge is 2.26. The molecule has 1 aromatic rings. The van der Waals surface area contributed by atoms with Crippen LogP contribution >= 0.6 is 0 Å². The topological polar surface area (TPSA) is 64.3 Å². The van der Waals surface area contributed by atoms with Gasteiger partial charge >= 0.3 is 0 Å². The second kappa shape index (κ2) is 8.03. The van der Waals surface area contributed by atoms with Crippen molar-refractivity contribution in [2.45, 2.75) is 51.6 Å². The predicted molar refractivity (Wildman–Crippen MR) is 84.0 cm³/mol. The smallest absolute Gasteiger partial charge is 0.224 e. The average molecular weight is 290 g/mol. The molecule has 1 fully saturated rings. The van der Waals surface area contributed by atoms with Crippen molar-refractivity contribution in [1.29, 1.82) is 0 Å². The summed E-state index contributed by atoms with van der Waals surface area (Å²) >= 11 is 0. The van der Waals surface area contributed by atoms with Gasteiger partial charge in [0, 0.05) is 12.6 Å². The molecule has 1 aromatic carbocycles. The van der Waals surface area contributed by atoms with E-state index in [9.17, 15) is 4.79 Å². The van der Waals surface area contributed by atoms with Gasteiger partial charge in [0.1, 0.15) is 5.75 Å². The molecular weight excluding hydrogens is 264 g/mol. The summed E-state index contributed by atoms with van der Waals surface area (Å²) < 4.78 is 5.47. The molecule has 1 aliphatic rings. The van der Waals surface area contributed by atoms with Crippen molar-refractivity contribution >= 4 is 5.91 Å². The minimum atomic E-state index is -0.0393. The Hall–Kier alpha value is -1.55. The zero-order valence-electron chi connectivity index (χ0n) is 12.8. The highest BCUT2D eigenvalue weighted by molar-refractivity contribution is 5.79. The van der Waals surface area contributed by atoms with Crippen molar-refractivity contribution in [1.82, 2.24) is 5.32 Å². The van der Waals surface area contributed by atoms with Gasteiger partial charge < -0.3 is 15.8 Å². The normalized spacial score (nSPS) is 22.4. The SMILES string of the molecule is CCOc1cccc(CNC(=O)C2CCCCCC2N)c1. The van der Waals surface area contributed by atoms with Crippen LogP contribution in [0.5, 0.6) is 5.75 Å². The van der Waals surface area contributed by atoms with Crippen LogP contribution in [0.25, 0.3) is 0 Å². The highest BCUT2D eigenvalue weighted by atomic mass is 16.5. The number of amides is 1. The molecule has 4 heteroatoms. The number of hydrogen-bond acceptors (Lipinski definition) is 3.